The van der Waals surface area contributed by atoms with Crippen LogP contribution in [0.15, 0.2) is 0 Å². The fourth-order valence-electron chi connectivity index (χ4n) is 3.52. The first-order valence-corrected chi connectivity index (χ1v) is 7.59. The lowest BCUT2D eigenvalue weighted by molar-refractivity contribution is 0.142. The van der Waals surface area contributed by atoms with E-state index in [9.17, 15) is 0 Å². The number of nitrogens with one attached hydrogen (secondary N) is 1. The zero-order valence-corrected chi connectivity index (χ0v) is 11.6. The molecule has 0 unspecified atom stereocenters. The highest BCUT2D eigenvalue weighted by Gasteiger charge is 2.33. The van der Waals surface area contributed by atoms with Gasteiger partial charge in [-0.05, 0) is 43.1 Å². The second-order valence-electron chi connectivity index (χ2n) is 6.89. The molecule has 2 fully saturated rings. The second kappa shape index (κ2) is 5.71. The van der Waals surface area contributed by atoms with Crippen LogP contribution in [-0.4, -0.2) is 19.6 Å². The summed E-state index contributed by atoms with van der Waals surface area (Å²) in [5.74, 6) is 0. The zero-order chi connectivity index (χ0) is 12.2. The average molecular weight is 238 g/mol. The van der Waals surface area contributed by atoms with Crippen molar-refractivity contribution < 1.29 is 0 Å². The predicted molar refractivity (Wildman–Crippen MR) is 74.0 cm³/mol. The Morgan fingerprint density at radius 1 is 0.882 bits per heavy atom. The van der Waals surface area contributed by atoms with Crippen molar-refractivity contribution in [3.05, 3.63) is 0 Å². The maximum atomic E-state index is 6.06. The van der Waals surface area contributed by atoms with Gasteiger partial charge in [0.2, 0.25) is 0 Å². The molecule has 0 aromatic carbocycles. The molecular weight excluding hydrogens is 208 g/mol. The monoisotopic (exact) mass is 238 g/mol. The van der Waals surface area contributed by atoms with Crippen molar-refractivity contribution in [3.8, 4) is 0 Å². The van der Waals surface area contributed by atoms with Gasteiger partial charge in [0.15, 0.2) is 0 Å². The van der Waals surface area contributed by atoms with Crippen LogP contribution in [0.3, 0.4) is 0 Å². The summed E-state index contributed by atoms with van der Waals surface area (Å²) in [5, 5.41) is 3.74. The fraction of sp³-hybridized carbons (Fsp3) is 1.00. The highest BCUT2D eigenvalue weighted by Crippen LogP contribution is 2.40. The van der Waals surface area contributed by atoms with Gasteiger partial charge in [0.05, 0.1) is 0 Å². The van der Waals surface area contributed by atoms with Gasteiger partial charge >= 0.3 is 0 Å². The predicted octanol–water partition coefficient (Wildman–Crippen LogP) is 3.07. The number of nitrogens with two attached hydrogens (primary N) is 1. The molecule has 0 saturated heterocycles. The van der Waals surface area contributed by atoms with Crippen molar-refractivity contribution in [2.45, 2.75) is 64.7 Å². The number of hydrogen-bond donors (Lipinski definition) is 2. The van der Waals surface area contributed by atoms with Crippen LogP contribution in [0.2, 0.25) is 0 Å². The van der Waals surface area contributed by atoms with Crippen molar-refractivity contribution in [3.63, 3.8) is 0 Å². The number of hydrogen-bond acceptors (Lipinski definition) is 2. The maximum Gasteiger partial charge on any atom is 0.00201 e. The summed E-state index contributed by atoms with van der Waals surface area (Å²) in [6.07, 6.45) is 12.5. The smallest absolute Gasteiger partial charge is 0.00201 e. The Bertz CT molecular complexity index is 225. The Hall–Kier alpha value is -0.0800. The summed E-state index contributed by atoms with van der Waals surface area (Å²) >= 11 is 0. The molecule has 0 aromatic rings. The van der Waals surface area contributed by atoms with E-state index in [1.807, 2.05) is 0 Å². The highest BCUT2D eigenvalue weighted by molar-refractivity contribution is 4.89. The minimum atomic E-state index is 0.413. The van der Waals surface area contributed by atoms with E-state index in [-0.39, 0.29) is 0 Å². The summed E-state index contributed by atoms with van der Waals surface area (Å²) in [6, 6.07) is 0. The first-order valence-electron chi connectivity index (χ1n) is 7.59. The van der Waals surface area contributed by atoms with E-state index in [0.29, 0.717) is 10.8 Å². The van der Waals surface area contributed by atoms with E-state index in [1.54, 1.807) is 0 Å². The van der Waals surface area contributed by atoms with E-state index >= 15 is 0 Å². The summed E-state index contributed by atoms with van der Waals surface area (Å²) < 4.78 is 0. The van der Waals surface area contributed by atoms with E-state index in [0.717, 1.165) is 13.1 Å². The molecule has 2 saturated carbocycles. The lowest BCUT2D eigenvalue weighted by Gasteiger charge is -2.40. The first kappa shape index (κ1) is 13.4. The molecular formula is C15H30N2. The van der Waals surface area contributed by atoms with Crippen LogP contribution < -0.4 is 11.1 Å². The average Bonchev–Trinajstić information content (AvgIpc) is 2.53. The van der Waals surface area contributed by atoms with Crippen molar-refractivity contribution in [1.29, 1.82) is 0 Å². The van der Waals surface area contributed by atoms with Crippen molar-refractivity contribution in [1.82, 2.24) is 5.32 Å². The summed E-state index contributed by atoms with van der Waals surface area (Å²) in [5.41, 5.74) is 7.08. The molecule has 100 valence electrons. The lowest BCUT2D eigenvalue weighted by Crippen LogP contribution is -2.45. The quantitative estimate of drug-likeness (QED) is 0.722. The second-order valence-corrected chi connectivity index (χ2v) is 6.89. The van der Waals surface area contributed by atoms with Gasteiger partial charge in [-0.1, -0.05) is 39.0 Å². The van der Waals surface area contributed by atoms with Crippen LogP contribution >= 0.6 is 0 Å². The van der Waals surface area contributed by atoms with Gasteiger partial charge in [-0.15, -0.1) is 0 Å². The van der Waals surface area contributed by atoms with Gasteiger partial charge in [0.25, 0.3) is 0 Å². The van der Waals surface area contributed by atoms with Crippen molar-refractivity contribution in [2.24, 2.45) is 16.6 Å². The molecule has 0 radical (unpaired) electrons. The molecule has 2 nitrogen and oxygen atoms in total. The zero-order valence-electron chi connectivity index (χ0n) is 11.6. The Balaban J connectivity index is 1.77. The Kier molecular flexibility index (Phi) is 4.48. The van der Waals surface area contributed by atoms with Gasteiger partial charge in [0.1, 0.15) is 0 Å². The largest absolute Gasteiger partial charge is 0.330 e. The third-order valence-corrected chi connectivity index (χ3v) is 5.21. The molecule has 0 aromatic heterocycles. The number of rotatable bonds is 5. The molecule has 0 atom stereocenters. The van der Waals surface area contributed by atoms with Gasteiger partial charge in [-0.3, -0.25) is 0 Å². The molecule has 0 bridgehead atoms. The summed E-state index contributed by atoms with van der Waals surface area (Å²) in [4.78, 5) is 0. The minimum Gasteiger partial charge on any atom is -0.330 e. The Labute approximate surface area is 107 Å². The lowest BCUT2D eigenvalue weighted by atomic mass is 9.70. The first-order chi connectivity index (χ1) is 8.18. The molecule has 3 N–H and O–H groups in total. The molecule has 0 amide bonds. The van der Waals surface area contributed by atoms with E-state index in [1.165, 1.54) is 64.3 Å². The fourth-order valence-corrected chi connectivity index (χ4v) is 3.52. The molecule has 0 aliphatic heterocycles. The third kappa shape index (κ3) is 3.45. The molecule has 2 aliphatic rings. The SMILES string of the molecule is CC1(CNCC2(CN)CCCCCC2)CCC1. The van der Waals surface area contributed by atoms with Crippen LogP contribution in [0.25, 0.3) is 0 Å². The highest BCUT2D eigenvalue weighted by atomic mass is 14.9. The molecule has 2 heteroatoms. The van der Waals surface area contributed by atoms with Gasteiger partial charge in [-0.2, -0.15) is 0 Å². The normalized spacial score (nSPS) is 27.2. The van der Waals surface area contributed by atoms with Crippen LogP contribution in [0.4, 0.5) is 0 Å². The van der Waals surface area contributed by atoms with E-state index in [4.69, 9.17) is 5.73 Å². The maximum absolute atomic E-state index is 6.06. The molecule has 0 spiro atoms. The minimum absolute atomic E-state index is 0.413. The van der Waals surface area contributed by atoms with Crippen LogP contribution in [0.5, 0.6) is 0 Å². The molecule has 2 aliphatic carbocycles. The Morgan fingerprint density at radius 3 is 2.00 bits per heavy atom. The van der Waals surface area contributed by atoms with Crippen LogP contribution in [-0.2, 0) is 0 Å². The van der Waals surface area contributed by atoms with Gasteiger partial charge < -0.3 is 11.1 Å². The molecule has 0 heterocycles. The summed E-state index contributed by atoms with van der Waals surface area (Å²) in [6.45, 7) is 5.65. The standard InChI is InChI=1S/C15H30N2/c1-14(7-6-8-14)12-17-13-15(11-16)9-4-2-3-5-10-15/h17H,2-13,16H2,1H3. The third-order valence-electron chi connectivity index (χ3n) is 5.21. The van der Waals surface area contributed by atoms with E-state index < -0.39 is 0 Å². The van der Waals surface area contributed by atoms with Gasteiger partial charge in [-0.25, -0.2) is 0 Å². The van der Waals surface area contributed by atoms with Crippen LogP contribution in [0, 0.1) is 10.8 Å². The topological polar surface area (TPSA) is 38.0 Å². The van der Waals surface area contributed by atoms with E-state index in [2.05, 4.69) is 12.2 Å². The Morgan fingerprint density at radius 2 is 1.53 bits per heavy atom. The van der Waals surface area contributed by atoms with Crippen molar-refractivity contribution in [2.75, 3.05) is 19.6 Å². The van der Waals surface area contributed by atoms with Crippen LogP contribution in [0.1, 0.15) is 64.7 Å². The van der Waals surface area contributed by atoms with Gasteiger partial charge in [0, 0.05) is 13.1 Å². The molecule has 2 rings (SSSR count). The molecule has 17 heavy (non-hydrogen) atoms. The summed E-state index contributed by atoms with van der Waals surface area (Å²) in [7, 11) is 0. The van der Waals surface area contributed by atoms with Crippen molar-refractivity contribution >= 4 is 0 Å².